The second kappa shape index (κ2) is 3.73. The minimum atomic E-state index is -0.720. The van der Waals surface area contributed by atoms with Gasteiger partial charge in [0.15, 0.2) is 0 Å². The topological polar surface area (TPSA) is 53.4 Å². The van der Waals surface area contributed by atoms with Crippen LogP contribution in [0.1, 0.15) is 0 Å². The zero-order valence-corrected chi connectivity index (χ0v) is 9.21. The molecule has 1 aliphatic rings. The highest BCUT2D eigenvalue weighted by atomic mass is 16.4. The molecule has 1 saturated heterocycles. The van der Waals surface area contributed by atoms with Crippen molar-refractivity contribution in [2.75, 3.05) is 18.0 Å². The van der Waals surface area contributed by atoms with Crippen molar-refractivity contribution in [1.29, 1.82) is 0 Å². The average molecular weight is 228 g/mol. The van der Waals surface area contributed by atoms with Gasteiger partial charge in [-0.2, -0.15) is 0 Å². The van der Waals surface area contributed by atoms with Crippen LogP contribution in [0.4, 0.5) is 5.82 Å². The van der Waals surface area contributed by atoms with E-state index in [1.54, 1.807) is 0 Å². The van der Waals surface area contributed by atoms with E-state index in [9.17, 15) is 4.79 Å². The standard InChI is InChI=1S/C13H12N2O2/c16-13(17)10-7-15(8-10)12-6-5-9-3-1-2-4-11(9)14-12/h1-6,10H,7-8H2,(H,16,17). The third-order valence-corrected chi connectivity index (χ3v) is 3.14. The Hall–Kier alpha value is -2.10. The smallest absolute Gasteiger partial charge is 0.310 e. The maximum Gasteiger partial charge on any atom is 0.310 e. The number of anilines is 1. The highest BCUT2D eigenvalue weighted by Crippen LogP contribution is 2.24. The van der Waals surface area contributed by atoms with Crippen LogP contribution in [0, 0.1) is 5.92 Å². The third-order valence-electron chi connectivity index (χ3n) is 3.14. The van der Waals surface area contributed by atoms with Gasteiger partial charge in [-0.3, -0.25) is 4.79 Å². The van der Waals surface area contributed by atoms with Gasteiger partial charge >= 0.3 is 5.97 Å². The molecule has 0 aliphatic carbocycles. The number of carboxylic acid groups (broad SMARTS) is 1. The van der Waals surface area contributed by atoms with Gasteiger partial charge in [0, 0.05) is 18.5 Å². The second-order valence-corrected chi connectivity index (χ2v) is 4.30. The number of para-hydroxylation sites is 1. The van der Waals surface area contributed by atoms with Crippen LogP contribution in [-0.2, 0) is 4.79 Å². The number of nitrogens with zero attached hydrogens (tertiary/aromatic N) is 2. The molecule has 3 rings (SSSR count). The van der Waals surface area contributed by atoms with E-state index in [4.69, 9.17) is 5.11 Å². The summed E-state index contributed by atoms with van der Waals surface area (Å²) in [6.45, 7) is 1.11. The summed E-state index contributed by atoms with van der Waals surface area (Å²) in [5, 5.41) is 9.93. The van der Waals surface area contributed by atoms with E-state index in [2.05, 4.69) is 4.98 Å². The van der Waals surface area contributed by atoms with Gasteiger partial charge in [0.2, 0.25) is 0 Å². The van der Waals surface area contributed by atoms with Crippen molar-refractivity contribution in [1.82, 2.24) is 4.98 Å². The van der Waals surface area contributed by atoms with Gasteiger partial charge in [-0.1, -0.05) is 18.2 Å². The summed E-state index contributed by atoms with van der Waals surface area (Å²) in [6, 6.07) is 11.9. The molecule has 4 heteroatoms. The summed E-state index contributed by atoms with van der Waals surface area (Å²) in [4.78, 5) is 17.2. The molecule has 1 aromatic carbocycles. The SMILES string of the molecule is O=C(O)C1CN(c2ccc3ccccc3n2)C1. The van der Waals surface area contributed by atoms with E-state index >= 15 is 0 Å². The third kappa shape index (κ3) is 1.71. The van der Waals surface area contributed by atoms with E-state index in [1.807, 2.05) is 41.3 Å². The number of fused-ring (bicyclic) bond motifs is 1. The van der Waals surface area contributed by atoms with Gasteiger partial charge in [0.05, 0.1) is 11.4 Å². The predicted molar refractivity (Wildman–Crippen MR) is 65.1 cm³/mol. The van der Waals surface area contributed by atoms with Gasteiger partial charge < -0.3 is 10.0 Å². The van der Waals surface area contributed by atoms with Crippen LogP contribution in [0.25, 0.3) is 10.9 Å². The number of carbonyl (C=O) groups is 1. The van der Waals surface area contributed by atoms with E-state index < -0.39 is 5.97 Å². The van der Waals surface area contributed by atoms with Crippen molar-refractivity contribution in [3.05, 3.63) is 36.4 Å². The number of aromatic nitrogens is 1. The lowest BCUT2D eigenvalue weighted by molar-refractivity contribution is -0.142. The first-order valence-corrected chi connectivity index (χ1v) is 5.57. The van der Waals surface area contributed by atoms with Crippen LogP contribution >= 0.6 is 0 Å². The molecule has 1 aliphatic heterocycles. The summed E-state index contributed by atoms with van der Waals surface area (Å²) >= 11 is 0. The van der Waals surface area contributed by atoms with E-state index in [1.165, 1.54) is 0 Å². The molecular weight excluding hydrogens is 216 g/mol. The maximum absolute atomic E-state index is 10.7. The molecule has 0 atom stereocenters. The van der Waals surface area contributed by atoms with Crippen molar-refractivity contribution < 1.29 is 9.90 Å². The fourth-order valence-corrected chi connectivity index (χ4v) is 2.05. The molecule has 0 spiro atoms. The fraction of sp³-hybridized carbons (Fsp3) is 0.231. The number of pyridine rings is 1. The Morgan fingerprint density at radius 3 is 2.76 bits per heavy atom. The summed E-state index contributed by atoms with van der Waals surface area (Å²) in [5.74, 6) is -0.105. The Kier molecular flexibility index (Phi) is 2.21. The predicted octanol–water partition coefficient (Wildman–Crippen LogP) is 1.76. The molecule has 0 radical (unpaired) electrons. The molecule has 2 heterocycles. The highest BCUT2D eigenvalue weighted by molar-refractivity contribution is 5.81. The lowest BCUT2D eigenvalue weighted by Crippen LogP contribution is -2.50. The first kappa shape index (κ1) is 10.1. The zero-order valence-electron chi connectivity index (χ0n) is 9.21. The second-order valence-electron chi connectivity index (χ2n) is 4.30. The zero-order chi connectivity index (χ0) is 11.8. The monoisotopic (exact) mass is 228 g/mol. The summed E-state index contributed by atoms with van der Waals surface area (Å²) in [7, 11) is 0. The van der Waals surface area contributed by atoms with Crippen LogP contribution in [0.3, 0.4) is 0 Å². The lowest BCUT2D eigenvalue weighted by Gasteiger charge is -2.37. The number of aliphatic carboxylic acids is 1. The Labute approximate surface area is 98.5 Å². The minimum Gasteiger partial charge on any atom is -0.481 e. The lowest BCUT2D eigenvalue weighted by atomic mass is 10.0. The molecule has 0 amide bonds. The Morgan fingerprint density at radius 1 is 1.24 bits per heavy atom. The van der Waals surface area contributed by atoms with Crippen LogP contribution in [0.2, 0.25) is 0 Å². The summed E-state index contributed by atoms with van der Waals surface area (Å²) in [5.41, 5.74) is 0.948. The number of hydrogen-bond donors (Lipinski definition) is 1. The maximum atomic E-state index is 10.7. The molecule has 0 bridgehead atoms. The van der Waals surface area contributed by atoms with Crippen LogP contribution < -0.4 is 4.90 Å². The molecular formula is C13H12N2O2. The van der Waals surface area contributed by atoms with Crippen LogP contribution in [0.5, 0.6) is 0 Å². The molecule has 2 aromatic rings. The van der Waals surface area contributed by atoms with Crippen molar-refractivity contribution in [2.45, 2.75) is 0 Å². The van der Waals surface area contributed by atoms with Crippen molar-refractivity contribution in [2.24, 2.45) is 5.92 Å². The fourth-order valence-electron chi connectivity index (χ4n) is 2.05. The van der Waals surface area contributed by atoms with E-state index in [-0.39, 0.29) is 5.92 Å². The Balaban J connectivity index is 1.85. The summed E-state index contributed by atoms with van der Waals surface area (Å²) < 4.78 is 0. The quantitative estimate of drug-likeness (QED) is 0.850. The molecule has 1 aromatic heterocycles. The first-order chi connectivity index (χ1) is 8.24. The Bertz CT molecular complexity index is 576. The van der Waals surface area contributed by atoms with Crippen molar-refractivity contribution in [3.8, 4) is 0 Å². The van der Waals surface area contributed by atoms with Crippen molar-refractivity contribution in [3.63, 3.8) is 0 Å². The molecule has 1 fully saturated rings. The van der Waals surface area contributed by atoms with Crippen molar-refractivity contribution >= 4 is 22.7 Å². The molecule has 1 N–H and O–H groups in total. The van der Waals surface area contributed by atoms with E-state index in [0.717, 1.165) is 16.7 Å². The first-order valence-electron chi connectivity index (χ1n) is 5.57. The van der Waals surface area contributed by atoms with E-state index in [0.29, 0.717) is 13.1 Å². The number of carboxylic acids is 1. The number of hydrogen-bond acceptors (Lipinski definition) is 3. The van der Waals surface area contributed by atoms with Gasteiger partial charge in [-0.25, -0.2) is 4.98 Å². The minimum absolute atomic E-state index is 0.247. The van der Waals surface area contributed by atoms with Crippen LogP contribution in [-0.4, -0.2) is 29.1 Å². The molecule has 86 valence electrons. The Morgan fingerprint density at radius 2 is 2.00 bits per heavy atom. The number of benzene rings is 1. The molecule has 0 unspecified atom stereocenters. The highest BCUT2D eigenvalue weighted by Gasteiger charge is 2.33. The largest absolute Gasteiger partial charge is 0.481 e. The molecule has 0 saturated carbocycles. The van der Waals surface area contributed by atoms with Gasteiger partial charge in [-0.05, 0) is 18.2 Å². The number of rotatable bonds is 2. The normalized spacial score (nSPS) is 15.9. The van der Waals surface area contributed by atoms with Gasteiger partial charge in [-0.15, -0.1) is 0 Å². The average Bonchev–Trinajstić information content (AvgIpc) is 2.26. The molecule has 17 heavy (non-hydrogen) atoms. The van der Waals surface area contributed by atoms with Gasteiger partial charge in [0.25, 0.3) is 0 Å². The van der Waals surface area contributed by atoms with Gasteiger partial charge in [0.1, 0.15) is 5.82 Å². The molecule has 4 nitrogen and oxygen atoms in total. The summed E-state index contributed by atoms with van der Waals surface area (Å²) in [6.07, 6.45) is 0. The van der Waals surface area contributed by atoms with Crippen LogP contribution in [0.15, 0.2) is 36.4 Å².